The summed E-state index contributed by atoms with van der Waals surface area (Å²) in [4.78, 5) is 13.1. The van der Waals surface area contributed by atoms with Gasteiger partial charge in [0.1, 0.15) is 5.15 Å². The van der Waals surface area contributed by atoms with E-state index in [1.54, 1.807) is 12.4 Å². The van der Waals surface area contributed by atoms with Gasteiger partial charge in [0.15, 0.2) is 0 Å². The number of nitrogens with zero attached hydrogens (tertiary/aromatic N) is 3. The Balaban J connectivity index is 1.32. The van der Waals surface area contributed by atoms with E-state index in [1.165, 1.54) is 25.7 Å². The molecule has 134 valence electrons. The number of rotatable bonds is 6. The molecular formula is C18H22BrClN4O. The lowest BCUT2D eigenvalue weighted by Crippen LogP contribution is -2.28. The Labute approximate surface area is 161 Å². The van der Waals surface area contributed by atoms with Crippen LogP contribution < -0.4 is 5.32 Å². The summed E-state index contributed by atoms with van der Waals surface area (Å²) in [6, 6.07) is 0.424. The number of ether oxygens (including phenoxy) is 1. The minimum Gasteiger partial charge on any atom is -0.381 e. The molecule has 0 aromatic carbocycles. The van der Waals surface area contributed by atoms with Gasteiger partial charge < -0.3 is 10.1 Å². The fourth-order valence-corrected chi connectivity index (χ4v) is 3.96. The van der Waals surface area contributed by atoms with Crippen molar-refractivity contribution in [2.45, 2.75) is 44.6 Å². The molecule has 5 nitrogen and oxygen atoms in total. The second kappa shape index (κ2) is 7.72. The average molecular weight is 426 g/mol. The highest BCUT2D eigenvalue weighted by Crippen LogP contribution is 2.31. The molecule has 0 radical (unpaired) electrons. The number of aromatic nitrogens is 3. The summed E-state index contributed by atoms with van der Waals surface area (Å²) in [5.74, 6) is 2.21. The van der Waals surface area contributed by atoms with Crippen molar-refractivity contribution in [1.82, 2.24) is 15.0 Å². The monoisotopic (exact) mass is 424 g/mol. The molecule has 2 fully saturated rings. The van der Waals surface area contributed by atoms with Gasteiger partial charge >= 0.3 is 0 Å². The van der Waals surface area contributed by atoms with Gasteiger partial charge in [0.2, 0.25) is 5.95 Å². The number of hydrogen-bond donors (Lipinski definition) is 1. The lowest BCUT2D eigenvalue weighted by Gasteiger charge is -2.29. The highest BCUT2D eigenvalue weighted by atomic mass is 79.9. The molecule has 0 spiro atoms. The summed E-state index contributed by atoms with van der Waals surface area (Å²) in [6.45, 7) is 1.89. The average Bonchev–Trinajstić information content (AvgIpc) is 3.44. The van der Waals surface area contributed by atoms with Crippen LogP contribution in [0.1, 0.15) is 38.5 Å². The molecule has 7 heteroatoms. The lowest BCUT2D eigenvalue weighted by molar-refractivity contribution is 0.0768. The van der Waals surface area contributed by atoms with Crippen LogP contribution >= 0.6 is 27.5 Å². The smallest absolute Gasteiger partial charge is 0.223 e. The van der Waals surface area contributed by atoms with Crippen LogP contribution in [0.5, 0.6) is 0 Å². The molecule has 0 aliphatic heterocycles. The summed E-state index contributed by atoms with van der Waals surface area (Å²) in [5.41, 5.74) is 0.791. The van der Waals surface area contributed by atoms with Gasteiger partial charge in [-0.25, -0.2) is 15.0 Å². The van der Waals surface area contributed by atoms with Crippen molar-refractivity contribution >= 4 is 44.4 Å². The van der Waals surface area contributed by atoms with E-state index < -0.39 is 0 Å². The minimum atomic E-state index is 0.424. The van der Waals surface area contributed by atoms with Gasteiger partial charge in [-0.05, 0) is 66.3 Å². The Morgan fingerprint density at radius 3 is 2.40 bits per heavy atom. The highest BCUT2D eigenvalue weighted by molar-refractivity contribution is 9.10. The van der Waals surface area contributed by atoms with Gasteiger partial charge in [0.05, 0.1) is 15.4 Å². The van der Waals surface area contributed by atoms with Crippen molar-refractivity contribution in [2.24, 2.45) is 11.8 Å². The first-order valence-electron chi connectivity index (χ1n) is 9.00. The molecule has 0 amide bonds. The Morgan fingerprint density at radius 2 is 1.72 bits per heavy atom. The number of anilines is 1. The largest absolute Gasteiger partial charge is 0.381 e. The third kappa shape index (κ3) is 4.41. The van der Waals surface area contributed by atoms with Gasteiger partial charge in [-0.2, -0.15) is 0 Å². The minimum absolute atomic E-state index is 0.424. The SMILES string of the molecule is Clc1ncc(Br)c2nc(N[C@H]3CC[C@H](COCC4CC4)CC3)ncc12. The number of pyridine rings is 1. The summed E-state index contributed by atoms with van der Waals surface area (Å²) in [7, 11) is 0. The van der Waals surface area contributed by atoms with Crippen LogP contribution in [0.3, 0.4) is 0 Å². The fourth-order valence-electron chi connectivity index (χ4n) is 3.37. The van der Waals surface area contributed by atoms with Crippen LogP contribution in [-0.2, 0) is 4.74 Å². The zero-order chi connectivity index (χ0) is 17.2. The molecule has 4 rings (SSSR count). The topological polar surface area (TPSA) is 59.9 Å². The van der Waals surface area contributed by atoms with E-state index in [4.69, 9.17) is 16.3 Å². The second-order valence-corrected chi connectivity index (χ2v) is 8.41. The molecule has 0 unspecified atom stereocenters. The molecule has 2 aromatic heterocycles. The predicted octanol–water partition coefficient (Wildman–Crippen LogP) is 4.84. The first kappa shape index (κ1) is 17.4. The number of nitrogens with one attached hydrogen (secondary N) is 1. The molecule has 2 heterocycles. The molecule has 0 saturated heterocycles. The molecule has 2 aliphatic carbocycles. The van der Waals surface area contributed by atoms with Crippen molar-refractivity contribution in [3.63, 3.8) is 0 Å². The summed E-state index contributed by atoms with van der Waals surface area (Å²) < 4.78 is 6.68. The van der Waals surface area contributed by atoms with E-state index >= 15 is 0 Å². The first-order chi connectivity index (χ1) is 12.2. The fraction of sp³-hybridized carbons (Fsp3) is 0.611. The van der Waals surface area contributed by atoms with Crippen LogP contribution in [-0.4, -0.2) is 34.2 Å². The number of fused-ring (bicyclic) bond motifs is 1. The molecule has 1 N–H and O–H groups in total. The predicted molar refractivity (Wildman–Crippen MR) is 103 cm³/mol. The number of halogens is 2. The van der Waals surface area contributed by atoms with Crippen LogP contribution in [0.2, 0.25) is 5.15 Å². The highest BCUT2D eigenvalue weighted by Gasteiger charge is 2.24. The Kier molecular flexibility index (Phi) is 5.39. The quantitative estimate of drug-likeness (QED) is 0.671. The van der Waals surface area contributed by atoms with Gasteiger partial charge in [-0.3, -0.25) is 0 Å². The van der Waals surface area contributed by atoms with Gasteiger partial charge in [-0.15, -0.1) is 0 Å². The maximum absolute atomic E-state index is 6.11. The van der Waals surface area contributed by atoms with Crippen LogP contribution in [0.25, 0.3) is 10.9 Å². The zero-order valence-corrected chi connectivity index (χ0v) is 16.4. The maximum Gasteiger partial charge on any atom is 0.223 e. The van der Waals surface area contributed by atoms with Crippen LogP contribution in [0.4, 0.5) is 5.95 Å². The Bertz CT molecular complexity index is 747. The summed E-state index contributed by atoms with van der Waals surface area (Å²) >= 11 is 9.59. The lowest BCUT2D eigenvalue weighted by atomic mass is 9.86. The molecular weight excluding hydrogens is 404 g/mol. The van der Waals surface area contributed by atoms with E-state index in [0.29, 0.717) is 23.1 Å². The van der Waals surface area contributed by atoms with E-state index in [2.05, 4.69) is 36.2 Å². The standard InChI is InChI=1S/C18H22BrClN4O/c19-15-8-21-17(20)14-7-22-18(24-16(14)15)23-13-5-3-12(4-6-13)10-25-9-11-1-2-11/h7-8,11-13H,1-6,9-10H2,(H,22,23,24)/t12-,13-. The molecule has 2 aromatic rings. The van der Waals surface area contributed by atoms with Gasteiger partial charge in [0, 0.05) is 31.6 Å². The van der Waals surface area contributed by atoms with E-state index in [-0.39, 0.29) is 0 Å². The van der Waals surface area contributed by atoms with Crippen molar-refractivity contribution < 1.29 is 4.74 Å². The molecule has 0 bridgehead atoms. The molecule has 2 aliphatic rings. The second-order valence-electron chi connectivity index (χ2n) is 7.20. The first-order valence-corrected chi connectivity index (χ1v) is 10.2. The van der Waals surface area contributed by atoms with Gasteiger partial charge in [-0.1, -0.05) is 11.6 Å². The molecule has 0 atom stereocenters. The van der Waals surface area contributed by atoms with E-state index in [0.717, 1.165) is 47.3 Å². The van der Waals surface area contributed by atoms with E-state index in [9.17, 15) is 0 Å². The Morgan fingerprint density at radius 1 is 1.04 bits per heavy atom. The normalized spacial score (nSPS) is 23.8. The number of hydrogen-bond acceptors (Lipinski definition) is 5. The van der Waals surface area contributed by atoms with E-state index in [1.807, 2.05) is 0 Å². The maximum atomic E-state index is 6.11. The van der Waals surface area contributed by atoms with Crippen LogP contribution in [0.15, 0.2) is 16.9 Å². The van der Waals surface area contributed by atoms with Crippen molar-refractivity contribution in [3.05, 3.63) is 22.0 Å². The molecule has 2 saturated carbocycles. The van der Waals surface area contributed by atoms with Gasteiger partial charge in [0.25, 0.3) is 0 Å². The van der Waals surface area contributed by atoms with Crippen molar-refractivity contribution in [1.29, 1.82) is 0 Å². The van der Waals surface area contributed by atoms with Crippen molar-refractivity contribution in [3.8, 4) is 0 Å². The zero-order valence-electron chi connectivity index (χ0n) is 14.0. The third-order valence-corrected chi connectivity index (χ3v) is 5.99. The van der Waals surface area contributed by atoms with Crippen molar-refractivity contribution in [2.75, 3.05) is 18.5 Å². The summed E-state index contributed by atoms with van der Waals surface area (Å²) in [6.07, 6.45) is 10.8. The van der Waals surface area contributed by atoms with Crippen LogP contribution in [0, 0.1) is 11.8 Å². The Hall–Kier alpha value is -0.980. The summed E-state index contributed by atoms with van der Waals surface area (Å²) in [5, 5.41) is 4.67. The molecule has 25 heavy (non-hydrogen) atoms. The third-order valence-electron chi connectivity index (χ3n) is 5.11.